The Labute approximate surface area is 104 Å². The van der Waals surface area contributed by atoms with Gasteiger partial charge in [0.05, 0.1) is 11.4 Å². The molecule has 0 aliphatic rings. The molecule has 0 atom stereocenters. The number of nitrogens with one attached hydrogen (secondary N) is 1. The van der Waals surface area contributed by atoms with Crippen molar-refractivity contribution < 1.29 is 0 Å². The number of nitriles is 2. The highest BCUT2D eigenvalue weighted by Crippen LogP contribution is 2.19. The molecule has 1 N–H and O–H groups in total. The number of rotatable bonds is 3. The summed E-state index contributed by atoms with van der Waals surface area (Å²) in [7, 11) is 0. The lowest BCUT2D eigenvalue weighted by Gasteiger charge is -2.09. The first-order valence-corrected chi connectivity index (χ1v) is 5.21. The maximum atomic E-state index is 8.61. The van der Waals surface area contributed by atoms with E-state index < -0.39 is 0 Å². The number of anilines is 1. The highest BCUT2D eigenvalue weighted by molar-refractivity contribution is 6.10. The van der Waals surface area contributed by atoms with Crippen molar-refractivity contribution in [1.82, 2.24) is 4.57 Å². The molecule has 0 amide bonds. The van der Waals surface area contributed by atoms with Crippen LogP contribution in [-0.4, -0.2) is 10.3 Å². The van der Waals surface area contributed by atoms with Gasteiger partial charge in [0.25, 0.3) is 0 Å². The van der Waals surface area contributed by atoms with E-state index in [4.69, 9.17) is 10.5 Å². The summed E-state index contributed by atoms with van der Waals surface area (Å²) in [5.74, 6) is 0. The standard InChI is InChI=1S/C13H9N5/c14-9-11(10-15)16-17-12-5-1-2-6-13(12)18-7-3-4-8-18/h1-8,17H. The molecule has 18 heavy (non-hydrogen) atoms. The van der Waals surface area contributed by atoms with E-state index in [0.717, 1.165) is 11.4 Å². The van der Waals surface area contributed by atoms with Crippen molar-refractivity contribution in [2.24, 2.45) is 5.10 Å². The van der Waals surface area contributed by atoms with Gasteiger partial charge < -0.3 is 4.57 Å². The van der Waals surface area contributed by atoms with Gasteiger partial charge in [0.15, 0.2) is 0 Å². The molecule has 1 aromatic carbocycles. The average Bonchev–Trinajstić information content (AvgIpc) is 2.94. The molecule has 0 saturated carbocycles. The topological polar surface area (TPSA) is 76.9 Å². The Morgan fingerprint density at radius 2 is 1.72 bits per heavy atom. The van der Waals surface area contributed by atoms with E-state index in [0.29, 0.717) is 0 Å². The molecule has 1 heterocycles. The van der Waals surface area contributed by atoms with Crippen LogP contribution in [0.25, 0.3) is 5.69 Å². The number of benzene rings is 1. The van der Waals surface area contributed by atoms with E-state index in [-0.39, 0.29) is 5.71 Å². The third kappa shape index (κ3) is 2.37. The van der Waals surface area contributed by atoms with Crippen molar-refractivity contribution in [1.29, 1.82) is 10.5 Å². The Balaban J connectivity index is 2.33. The molecule has 5 nitrogen and oxygen atoms in total. The summed E-state index contributed by atoms with van der Waals surface area (Å²) in [5, 5.41) is 21.0. The summed E-state index contributed by atoms with van der Waals surface area (Å²) in [6.07, 6.45) is 3.81. The van der Waals surface area contributed by atoms with Gasteiger partial charge in [-0.2, -0.15) is 15.6 Å². The van der Waals surface area contributed by atoms with Crippen LogP contribution in [0.5, 0.6) is 0 Å². The molecule has 0 fully saturated rings. The summed E-state index contributed by atoms with van der Waals surface area (Å²) in [4.78, 5) is 0. The molecule has 5 heteroatoms. The molecule has 0 bridgehead atoms. The minimum atomic E-state index is -0.211. The molecule has 86 valence electrons. The number of hydrazone groups is 1. The quantitative estimate of drug-likeness (QED) is 0.655. The molecule has 2 rings (SSSR count). The van der Waals surface area contributed by atoms with Crippen LogP contribution in [0.2, 0.25) is 0 Å². The molecular formula is C13H9N5. The van der Waals surface area contributed by atoms with Crippen LogP contribution in [0.15, 0.2) is 53.9 Å². The lowest BCUT2D eigenvalue weighted by Crippen LogP contribution is -2.00. The molecule has 2 aromatic rings. The second-order valence-electron chi connectivity index (χ2n) is 3.40. The minimum absolute atomic E-state index is 0.211. The van der Waals surface area contributed by atoms with E-state index >= 15 is 0 Å². The summed E-state index contributed by atoms with van der Waals surface area (Å²) >= 11 is 0. The smallest absolute Gasteiger partial charge is 0.237 e. The van der Waals surface area contributed by atoms with Gasteiger partial charge in [-0.25, -0.2) is 0 Å². The lowest BCUT2D eigenvalue weighted by atomic mass is 10.2. The molecule has 0 aliphatic heterocycles. The number of hydrogen-bond donors (Lipinski definition) is 1. The van der Waals surface area contributed by atoms with Gasteiger partial charge in [-0.1, -0.05) is 12.1 Å². The largest absolute Gasteiger partial charge is 0.322 e. The lowest BCUT2D eigenvalue weighted by molar-refractivity contribution is 1.07. The van der Waals surface area contributed by atoms with Gasteiger partial charge in [0.2, 0.25) is 5.71 Å². The fourth-order valence-electron chi connectivity index (χ4n) is 1.48. The summed E-state index contributed by atoms with van der Waals surface area (Å²) < 4.78 is 1.91. The monoisotopic (exact) mass is 235 g/mol. The Hall–Kier alpha value is -3.05. The molecule has 1 aromatic heterocycles. The van der Waals surface area contributed by atoms with Crippen LogP contribution in [0.3, 0.4) is 0 Å². The number of hydrogen-bond acceptors (Lipinski definition) is 4. The normalized spacial score (nSPS) is 9.00. The minimum Gasteiger partial charge on any atom is -0.322 e. The molecule has 0 spiro atoms. The molecular weight excluding hydrogens is 226 g/mol. The van der Waals surface area contributed by atoms with Crippen molar-refractivity contribution in [3.05, 3.63) is 48.8 Å². The van der Waals surface area contributed by atoms with Crippen molar-refractivity contribution >= 4 is 11.4 Å². The third-order valence-electron chi connectivity index (χ3n) is 2.29. The SMILES string of the molecule is N#CC(C#N)=NNc1ccccc1-n1cccc1. The summed E-state index contributed by atoms with van der Waals surface area (Å²) in [6.45, 7) is 0. The Bertz CT molecular complexity index is 625. The Morgan fingerprint density at radius 1 is 1.06 bits per heavy atom. The van der Waals surface area contributed by atoms with E-state index in [1.165, 1.54) is 0 Å². The van der Waals surface area contributed by atoms with Gasteiger partial charge in [-0.15, -0.1) is 0 Å². The highest BCUT2D eigenvalue weighted by atomic mass is 15.3. The Kier molecular flexibility index (Phi) is 3.39. The predicted octanol–water partition coefficient (Wildman–Crippen LogP) is 2.29. The van der Waals surface area contributed by atoms with Crippen LogP contribution in [0.1, 0.15) is 0 Å². The number of para-hydroxylation sites is 2. The van der Waals surface area contributed by atoms with Crippen LogP contribution >= 0.6 is 0 Å². The number of aromatic nitrogens is 1. The maximum Gasteiger partial charge on any atom is 0.237 e. The summed E-state index contributed by atoms with van der Waals surface area (Å²) in [5.41, 5.74) is 4.12. The van der Waals surface area contributed by atoms with Crippen LogP contribution in [-0.2, 0) is 0 Å². The second-order valence-corrected chi connectivity index (χ2v) is 3.40. The van der Waals surface area contributed by atoms with Gasteiger partial charge in [-0.05, 0) is 24.3 Å². The highest BCUT2D eigenvalue weighted by Gasteiger charge is 2.02. The fraction of sp³-hybridized carbons (Fsp3) is 0. The van der Waals surface area contributed by atoms with Crippen molar-refractivity contribution in [2.75, 3.05) is 5.43 Å². The molecule has 0 saturated heterocycles. The molecule has 0 unspecified atom stereocenters. The zero-order chi connectivity index (χ0) is 12.8. The van der Waals surface area contributed by atoms with Gasteiger partial charge in [0, 0.05) is 12.4 Å². The third-order valence-corrected chi connectivity index (χ3v) is 2.29. The molecule has 0 aliphatic carbocycles. The van der Waals surface area contributed by atoms with E-state index in [9.17, 15) is 0 Å². The van der Waals surface area contributed by atoms with Crippen LogP contribution < -0.4 is 5.43 Å². The van der Waals surface area contributed by atoms with E-state index in [1.54, 1.807) is 12.1 Å². The zero-order valence-corrected chi connectivity index (χ0v) is 9.41. The molecule has 0 radical (unpaired) electrons. The zero-order valence-electron chi connectivity index (χ0n) is 9.41. The fourth-order valence-corrected chi connectivity index (χ4v) is 1.48. The van der Waals surface area contributed by atoms with Crippen LogP contribution in [0.4, 0.5) is 5.69 Å². The van der Waals surface area contributed by atoms with Gasteiger partial charge >= 0.3 is 0 Å². The first kappa shape index (κ1) is 11.4. The summed E-state index contributed by atoms with van der Waals surface area (Å²) in [6, 6.07) is 14.7. The average molecular weight is 235 g/mol. The maximum absolute atomic E-state index is 8.61. The van der Waals surface area contributed by atoms with Crippen molar-refractivity contribution in [2.45, 2.75) is 0 Å². The van der Waals surface area contributed by atoms with E-state index in [1.807, 2.05) is 53.4 Å². The van der Waals surface area contributed by atoms with Crippen molar-refractivity contribution in [3.63, 3.8) is 0 Å². The first-order chi connectivity index (χ1) is 8.85. The predicted molar refractivity (Wildman–Crippen MR) is 68.1 cm³/mol. The van der Waals surface area contributed by atoms with E-state index in [2.05, 4.69) is 10.5 Å². The van der Waals surface area contributed by atoms with Gasteiger partial charge in [0.1, 0.15) is 12.1 Å². The Morgan fingerprint density at radius 3 is 2.39 bits per heavy atom. The first-order valence-electron chi connectivity index (χ1n) is 5.21. The second kappa shape index (κ2) is 5.33. The van der Waals surface area contributed by atoms with Gasteiger partial charge in [-0.3, -0.25) is 5.43 Å². The number of nitrogens with zero attached hydrogens (tertiary/aromatic N) is 4. The van der Waals surface area contributed by atoms with Crippen molar-refractivity contribution in [3.8, 4) is 17.8 Å². The van der Waals surface area contributed by atoms with Crippen LogP contribution in [0, 0.1) is 22.7 Å².